The van der Waals surface area contributed by atoms with E-state index in [-0.39, 0.29) is 5.82 Å². The average molecular weight is 467 g/mol. The lowest BCUT2D eigenvalue weighted by Crippen LogP contribution is -2.46. The standard InChI is InChI=1S/C26H24F3N3O2/c1-16(31-25(33)26(2,3)29)24(17-5-4-6-20(28)13-17)34-22-11-12-23-18(14-22)15-30-32(23)21-9-7-19(27)8-10-21/h4-16,24H,1-3H3,(H,31,33)/t16?,24-/m0/s1. The molecule has 0 aliphatic rings. The second-order valence-corrected chi connectivity index (χ2v) is 8.58. The number of benzene rings is 3. The summed E-state index contributed by atoms with van der Waals surface area (Å²) in [6, 6.07) is 16.5. The van der Waals surface area contributed by atoms with Crippen molar-refractivity contribution in [3.05, 3.63) is 90.1 Å². The van der Waals surface area contributed by atoms with Gasteiger partial charge in [-0.25, -0.2) is 17.9 Å². The van der Waals surface area contributed by atoms with E-state index in [0.29, 0.717) is 17.0 Å². The van der Waals surface area contributed by atoms with E-state index in [0.717, 1.165) is 10.9 Å². The number of halogens is 3. The van der Waals surface area contributed by atoms with Gasteiger partial charge in [0.1, 0.15) is 23.5 Å². The van der Waals surface area contributed by atoms with Gasteiger partial charge in [0, 0.05) is 5.39 Å². The van der Waals surface area contributed by atoms with Crippen LogP contribution in [0, 0.1) is 11.6 Å². The molecule has 176 valence electrons. The van der Waals surface area contributed by atoms with Gasteiger partial charge in [0.15, 0.2) is 5.67 Å². The number of alkyl halides is 1. The third kappa shape index (κ3) is 5.06. The Morgan fingerprint density at radius 3 is 2.44 bits per heavy atom. The van der Waals surface area contributed by atoms with Gasteiger partial charge >= 0.3 is 0 Å². The molecule has 5 nitrogen and oxygen atoms in total. The van der Waals surface area contributed by atoms with Crippen LogP contribution in [0.4, 0.5) is 13.2 Å². The zero-order valence-corrected chi connectivity index (χ0v) is 18.9. The molecule has 1 aromatic heterocycles. The van der Waals surface area contributed by atoms with Gasteiger partial charge in [0.05, 0.1) is 23.4 Å². The van der Waals surface area contributed by atoms with Gasteiger partial charge in [-0.3, -0.25) is 4.79 Å². The zero-order valence-electron chi connectivity index (χ0n) is 18.9. The molecule has 1 amide bonds. The van der Waals surface area contributed by atoms with Crippen molar-refractivity contribution < 1.29 is 22.7 Å². The van der Waals surface area contributed by atoms with E-state index in [1.807, 2.05) is 0 Å². The lowest BCUT2D eigenvalue weighted by Gasteiger charge is -2.28. The summed E-state index contributed by atoms with van der Waals surface area (Å²) < 4.78 is 49.2. The zero-order chi connectivity index (χ0) is 24.5. The Morgan fingerprint density at radius 2 is 1.76 bits per heavy atom. The molecule has 0 radical (unpaired) electrons. The van der Waals surface area contributed by atoms with E-state index >= 15 is 0 Å². The highest BCUT2D eigenvalue weighted by atomic mass is 19.1. The normalized spacial score (nSPS) is 13.5. The van der Waals surface area contributed by atoms with Crippen LogP contribution in [0.25, 0.3) is 16.6 Å². The maximum atomic E-state index is 14.1. The van der Waals surface area contributed by atoms with Crippen molar-refractivity contribution in [2.45, 2.75) is 38.6 Å². The second kappa shape index (κ2) is 9.21. The highest BCUT2D eigenvalue weighted by Gasteiger charge is 2.31. The summed E-state index contributed by atoms with van der Waals surface area (Å²) in [5, 5.41) is 7.76. The highest BCUT2D eigenvalue weighted by molar-refractivity contribution is 5.84. The SMILES string of the molecule is CC(NC(=O)C(C)(C)F)[C@H](Oc1ccc2c(cnn2-c2ccc(F)cc2)c1)c1cccc(F)c1. The maximum absolute atomic E-state index is 14.1. The van der Waals surface area contributed by atoms with E-state index in [2.05, 4.69) is 10.4 Å². The summed E-state index contributed by atoms with van der Waals surface area (Å²) in [5.74, 6) is -1.12. The molecule has 1 heterocycles. The molecule has 0 saturated heterocycles. The molecule has 3 aromatic carbocycles. The lowest BCUT2D eigenvalue weighted by atomic mass is 10.0. The van der Waals surface area contributed by atoms with E-state index in [1.165, 1.54) is 38.1 Å². The van der Waals surface area contributed by atoms with Crippen molar-refractivity contribution in [1.29, 1.82) is 0 Å². The van der Waals surface area contributed by atoms with Gasteiger partial charge in [-0.1, -0.05) is 12.1 Å². The first-order valence-corrected chi connectivity index (χ1v) is 10.8. The maximum Gasteiger partial charge on any atom is 0.257 e. The molecular weight excluding hydrogens is 443 g/mol. The Hall–Kier alpha value is -3.81. The van der Waals surface area contributed by atoms with E-state index in [9.17, 15) is 18.0 Å². The van der Waals surface area contributed by atoms with Crippen LogP contribution < -0.4 is 10.1 Å². The van der Waals surface area contributed by atoms with Gasteiger partial charge in [-0.2, -0.15) is 5.10 Å². The van der Waals surface area contributed by atoms with E-state index in [4.69, 9.17) is 4.74 Å². The molecule has 2 atom stereocenters. The minimum atomic E-state index is -2.07. The Morgan fingerprint density at radius 1 is 1.03 bits per heavy atom. The molecule has 0 saturated carbocycles. The van der Waals surface area contributed by atoms with E-state index in [1.54, 1.807) is 60.3 Å². The fourth-order valence-corrected chi connectivity index (χ4v) is 3.62. The van der Waals surface area contributed by atoms with Crippen LogP contribution in [0.5, 0.6) is 5.75 Å². The number of nitrogens with one attached hydrogen (secondary N) is 1. The first kappa shape index (κ1) is 23.4. The van der Waals surface area contributed by atoms with Crippen molar-refractivity contribution in [3.8, 4) is 11.4 Å². The first-order valence-electron chi connectivity index (χ1n) is 10.8. The van der Waals surface area contributed by atoms with E-state index < -0.39 is 29.5 Å². The Bertz CT molecular complexity index is 1310. The number of rotatable bonds is 7. The van der Waals surface area contributed by atoms with Gasteiger partial charge < -0.3 is 10.1 Å². The number of fused-ring (bicyclic) bond motifs is 1. The summed E-state index contributed by atoms with van der Waals surface area (Å²) in [6.45, 7) is 4.00. The predicted molar refractivity (Wildman–Crippen MR) is 124 cm³/mol. The fraction of sp³-hybridized carbons (Fsp3) is 0.231. The van der Waals surface area contributed by atoms with Crippen LogP contribution in [0.15, 0.2) is 72.9 Å². The molecule has 0 spiro atoms. The average Bonchev–Trinajstić information content (AvgIpc) is 3.20. The molecule has 4 rings (SSSR count). The molecule has 0 aliphatic heterocycles. The van der Waals surface area contributed by atoms with Crippen LogP contribution in [0.3, 0.4) is 0 Å². The monoisotopic (exact) mass is 467 g/mol. The van der Waals surface area contributed by atoms with Crippen molar-refractivity contribution in [2.24, 2.45) is 0 Å². The molecule has 1 unspecified atom stereocenters. The quantitative estimate of drug-likeness (QED) is 0.381. The Labute approximate surface area is 195 Å². The summed E-state index contributed by atoms with van der Waals surface area (Å²) in [7, 11) is 0. The predicted octanol–water partition coefficient (Wildman–Crippen LogP) is 5.68. The van der Waals surface area contributed by atoms with Gasteiger partial charge in [0.25, 0.3) is 5.91 Å². The highest BCUT2D eigenvalue weighted by Crippen LogP contribution is 2.29. The van der Waals surface area contributed by atoms with Crippen molar-refractivity contribution >= 4 is 16.8 Å². The molecule has 0 aliphatic carbocycles. The van der Waals surface area contributed by atoms with Crippen LogP contribution in [0.1, 0.15) is 32.4 Å². The van der Waals surface area contributed by atoms with Gasteiger partial charge in [-0.05, 0) is 80.9 Å². The minimum absolute atomic E-state index is 0.336. The number of aromatic nitrogens is 2. The number of ether oxygens (including phenoxy) is 1. The van der Waals surface area contributed by atoms with Crippen molar-refractivity contribution in [2.75, 3.05) is 0 Å². The summed E-state index contributed by atoms with van der Waals surface area (Å²) in [6.07, 6.45) is 0.867. The molecule has 0 bridgehead atoms. The molecule has 1 N–H and O–H groups in total. The number of amides is 1. The summed E-state index contributed by atoms with van der Waals surface area (Å²) in [5.41, 5.74) is -0.101. The molecule has 4 aromatic rings. The molecule has 8 heteroatoms. The van der Waals surface area contributed by atoms with Crippen LogP contribution in [-0.2, 0) is 4.79 Å². The number of hydrogen-bond donors (Lipinski definition) is 1. The van der Waals surface area contributed by atoms with Crippen LogP contribution in [0.2, 0.25) is 0 Å². The topological polar surface area (TPSA) is 56.1 Å². The summed E-state index contributed by atoms with van der Waals surface area (Å²) in [4.78, 5) is 12.2. The molecule has 34 heavy (non-hydrogen) atoms. The number of nitrogens with zero attached hydrogens (tertiary/aromatic N) is 2. The Kier molecular flexibility index (Phi) is 6.32. The Balaban J connectivity index is 1.64. The lowest BCUT2D eigenvalue weighted by molar-refractivity contribution is -0.132. The largest absolute Gasteiger partial charge is 0.484 e. The van der Waals surface area contributed by atoms with Crippen LogP contribution in [-0.4, -0.2) is 27.4 Å². The van der Waals surface area contributed by atoms with Gasteiger partial charge in [-0.15, -0.1) is 0 Å². The smallest absolute Gasteiger partial charge is 0.257 e. The number of carbonyl (C=O) groups is 1. The second-order valence-electron chi connectivity index (χ2n) is 8.58. The van der Waals surface area contributed by atoms with Crippen molar-refractivity contribution in [1.82, 2.24) is 15.1 Å². The number of carbonyl (C=O) groups excluding carboxylic acids is 1. The first-order chi connectivity index (χ1) is 16.1. The minimum Gasteiger partial charge on any atom is -0.484 e. The molecule has 0 fully saturated rings. The van der Waals surface area contributed by atoms with Crippen LogP contribution >= 0.6 is 0 Å². The number of hydrogen-bond acceptors (Lipinski definition) is 3. The fourth-order valence-electron chi connectivity index (χ4n) is 3.62. The third-order valence-electron chi connectivity index (χ3n) is 5.40. The third-order valence-corrected chi connectivity index (χ3v) is 5.40. The van der Waals surface area contributed by atoms with Gasteiger partial charge in [0.2, 0.25) is 0 Å². The van der Waals surface area contributed by atoms with Crippen molar-refractivity contribution in [3.63, 3.8) is 0 Å². The molecular formula is C26H24F3N3O2. The summed E-state index contributed by atoms with van der Waals surface area (Å²) >= 11 is 0.